The summed E-state index contributed by atoms with van der Waals surface area (Å²) in [6.45, 7) is 5.04. The third kappa shape index (κ3) is 3.95. The Morgan fingerprint density at radius 3 is 2.48 bits per heavy atom. The largest absolute Gasteiger partial charge is 0.508 e. The molecule has 0 radical (unpaired) electrons. The summed E-state index contributed by atoms with van der Waals surface area (Å²) in [5, 5.41) is 13.0. The number of nitrogens with two attached hydrogens (primary N) is 1. The molecule has 29 heavy (non-hydrogen) atoms. The van der Waals surface area contributed by atoms with Gasteiger partial charge in [0.1, 0.15) is 10.8 Å². The van der Waals surface area contributed by atoms with Crippen molar-refractivity contribution < 1.29 is 14.7 Å². The van der Waals surface area contributed by atoms with E-state index in [0.717, 1.165) is 56.7 Å². The molecule has 154 valence electrons. The van der Waals surface area contributed by atoms with Gasteiger partial charge in [0, 0.05) is 36.7 Å². The van der Waals surface area contributed by atoms with Gasteiger partial charge in [-0.3, -0.25) is 14.5 Å². The predicted octanol–water partition coefficient (Wildman–Crippen LogP) is 2.19. The van der Waals surface area contributed by atoms with Crippen LogP contribution in [0.15, 0.2) is 24.3 Å². The number of rotatable bonds is 5. The molecule has 2 aromatic rings. The number of carbonyl (C=O) groups is 2. The first-order chi connectivity index (χ1) is 13.9. The topological polar surface area (TPSA) is 98.9 Å². The molecule has 1 saturated heterocycles. The van der Waals surface area contributed by atoms with E-state index in [1.807, 2.05) is 19.1 Å². The maximum atomic E-state index is 12.9. The molecule has 4 N–H and O–H groups in total. The fourth-order valence-corrected chi connectivity index (χ4v) is 5.46. The SMILES string of the molecule is CC(C(=O)Nc1sc2c(c1C(N)=O)CCC2)N1CCN(c2ccc(O)cc2)CC1. The monoisotopic (exact) mass is 414 g/mol. The molecule has 4 rings (SSSR count). The van der Waals surface area contributed by atoms with Gasteiger partial charge in [-0.25, -0.2) is 0 Å². The summed E-state index contributed by atoms with van der Waals surface area (Å²) in [4.78, 5) is 30.4. The zero-order valence-corrected chi connectivity index (χ0v) is 17.3. The van der Waals surface area contributed by atoms with Crippen molar-refractivity contribution in [2.24, 2.45) is 5.73 Å². The number of primary amides is 1. The highest BCUT2D eigenvalue weighted by Gasteiger charge is 2.29. The van der Waals surface area contributed by atoms with Gasteiger partial charge in [0.25, 0.3) is 5.91 Å². The van der Waals surface area contributed by atoms with Crippen LogP contribution < -0.4 is 16.0 Å². The van der Waals surface area contributed by atoms with E-state index >= 15 is 0 Å². The zero-order valence-electron chi connectivity index (χ0n) is 16.5. The molecule has 2 heterocycles. The molecular weight excluding hydrogens is 388 g/mol. The van der Waals surface area contributed by atoms with Crippen LogP contribution in [-0.4, -0.2) is 54.0 Å². The average Bonchev–Trinajstić information content (AvgIpc) is 3.28. The Bertz CT molecular complexity index is 917. The van der Waals surface area contributed by atoms with E-state index in [1.54, 1.807) is 12.1 Å². The van der Waals surface area contributed by atoms with Crippen molar-refractivity contribution in [3.8, 4) is 5.75 Å². The Kier molecular flexibility index (Phi) is 5.47. The first-order valence-electron chi connectivity index (χ1n) is 9.97. The van der Waals surface area contributed by atoms with Gasteiger partial charge < -0.3 is 21.1 Å². The number of benzene rings is 1. The second-order valence-electron chi connectivity index (χ2n) is 7.63. The first-order valence-corrected chi connectivity index (χ1v) is 10.8. The van der Waals surface area contributed by atoms with Crippen LogP contribution in [0.1, 0.15) is 34.1 Å². The van der Waals surface area contributed by atoms with E-state index in [1.165, 1.54) is 16.2 Å². The second-order valence-corrected chi connectivity index (χ2v) is 8.74. The fraction of sp³-hybridized carbons (Fsp3) is 0.429. The smallest absolute Gasteiger partial charge is 0.251 e. The number of carbonyl (C=O) groups excluding carboxylic acids is 2. The minimum Gasteiger partial charge on any atom is -0.508 e. The van der Waals surface area contributed by atoms with Crippen molar-refractivity contribution >= 4 is 33.8 Å². The lowest BCUT2D eigenvalue weighted by atomic mass is 10.1. The normalized spacial score (nSPS) is 17.8. The summed E-state index contributed by atoms with van der Waals surface area (Å²) in [5.74, 6) is -0.312. The van der Waals surface area contributed by atoms with Crippen molar-refractivity contribution in [1.82, 2.24) is 4.90 Å². The molecule has 1 atom stereocenters. The second kappa shape index (κ2) is 8.04. The molecule has 2 aliphatic rings. The standard InChI is InChI=1S/C21H26N4O3S/c1-13(24-9-11-25(12-10-24)14-5-7-15(26)8-6-14)20(28)23-21-18(19(22)27)16-3-2-4-17(16)29-21/h5-8,13,26H,2-4,9-12H2,1H3,(H2,22,27)(H,23,28). The summed E-state index contributed by atoms with van der Waals surface area (Å²) in [7, 11) is 0. The molecule has 0 saturated carbocycles. The lowest BCUT2D eigenvalue weighted by Gasteiger charge is -2.38. The van der Waals surface area contributed by atoms with E-state index in [0.29, 0.717) is 10.6 Å². The molecule has 8 heteroatoms. The van der Waals surface area contributed by atoms with E-state index in [2.05, 4.69) is 15.1 Å². The molecule has 0 bridgehead atoms. The van der Waals surface area contributed by atoms with E-state index < -0.39 is 5.91 Å². The van der Waals surface area contributed by atoms with Gasteiger partial charge in [0.15, 0.2) is 0 Å². The lowest BCUT2D eigenvalue weighted by molar-refractivity contribution is -0.120. The van der Waals surface area contributed by atoms with Gasteiger partial charge >= 0.3 is 0 Å². The number of amides is 2. The molecule has 1 aromatic heterocycles. The average molecular weight is 415 g/mol. The van der Waals surface area contributed by atoms with Crippen molar-refractivity contribution in [3.63, 3.8) is 0 Å². The number of phenols is 1. The van der Waals surface area contributed by atoms with E-state index in [9.17, 15) is 14.7 Å². The fourth-order valence-electron chi connectivity index (χ4n) is 4.17. The van der Waals surface area contributed by atoms with Crippen LogP contribution >= 0.6 is 11.3 Å². The lowest BCUT2D eigenvalue weighted by Crippen LogP contribution is -2.52. The third-order valence-electron chi connectivity index (χ3n) is 5.86. The number of nitrogens with one attached hydrogen (secondary N) is 1. The minimum atomic E-state index is -0.463. The molecule has 7 nitrogen and oxygen atoms in total. The molecule has 2 amide bonds. The maximum Gasteiger partial charge on any atom is 0.251 e. The third-order valence-corrected chi connectivity index (χ3v) is 7.07. The number of fused-ring (bicyclic) bond motifs is 1. The number of aromatic hydroxyl groups is 1. The van der Waals surface area contributed by atoms with E-state index in [4.69, 9.17) is 5.73 Å². The van der Waals surface area contributed by atoms with Crippen LogP contribution in [0.25, 0.3) is 0 Å². The Hall–Kier alpha value is -2.58. The van der Waals surface area contributed by atoms with Gasteiger partial charge in [0.2, 0.25) is 5.91 Å². The Morgan fingerprint density at radius 1 is 1.14 bits per heavy atom. The summed E-state index contributed by atoms with van der Waals surface area (Å²) in [6.07, 6.45) is 2.84. The van der Waals surface area contributed by atoms with Crippen LogP contribution in [0.3, 0.4) is 0 Å². The van der Waals surface area contributed by atoms with Crippen molar-refractivity contribution in [2.45, 2.75) is 32.2 Å². The highest BCUT2D eigenvalue weighted by molar-refractivity contribution is 7.17. The van der Waals surface area contributed by atoms with Gasteiger partial charge in [0.05, 0.1) is 11.6 Å². The first kappa shape index (κ1) is 19.7. The minimum absolute atomic E-state index is 0.106. The number of thiophene rings is 1. The quantitative estimate of drug-likeness (QED) is 0.697. The molecule has 1 aliphatic heterocycles. The number of anilines is 2. The predicted molar refractivity (Wildman–Crippen MR) is 115 cm³/mol. The van der Waals surface area contributed by atoms with Gasteiger partial charge in [-0.1, -0.05) is 0 Å². The number of piperazine rings is 1. The highest BCUT2D eigenvalue weighted by Crippen LogP contribution is 2.39. The van der Waals surface area contributed by atoms with E-state index in [-0.39, 0.29) is 17.7 Å². The zero-order chi connectivity index (χ0) is 20.5. The number of aryl methyl sites for hydroxylation is 1. The Labute approximate surface area is 174 Å². The molecule has 1 aromatic carbocycles. The summed E-state index contributed by atoms with van der Waals surface area (Å²) in [6, 6.07) is 6.89. The highest BCUT2D eigenvalue weighted by atomic mass is 32.1. The molecule has 1 fully saturated rings. The number of hydrogen-bond acceptors (Lipinski definition) is 6. The van der Waals surface area contributed by atoms with Crippen LogP contribution in [0.4, 0.5) is 10.7 Å². The maximum absolute atomic E-state index is 12.9. The van der Waals surface area contributed by atoms with Crippen LogP contribution in [0, 0.1) is 0 Å². The summed E-state index contributed by atoms with van der Waals surface area (Å²) >= 11 is 1.49. The number of phenolic OH excluding ortho intramolecular Hbond substituents is 1. The summed E-state index contributed by atoms with van der Waals surface area (Å²) in [5.41, 5.74) is 8.18. The van der Waals surface area contributed by atoms with Gasteiger partial charge in [-0.15, -0.1) is 11.3 Å². The number of nitrogens with zero attached hydrogens (tertiary/aromatic N) is 2. The van der Waals surface area contributed by atoms with Gasteiger partial charge in [-0.2, -0.15) is 0 Å². The van der Waals surface area contributed by atoms with Crippen molar-refractivity contribution in [3.05, 3.63) is 40.3 Å². The van der Waals surface area contributed by atoms with Crippen LogP contribution in [0.5, 0.6) is 5.75 Å². The van der Waals surface area contributed by atoms with Crippen molar-refractivity contribution in [2.75, 3.05) is 36.4 Å². The summed E-state index contributed by atoms with van der Waals surface area (Å²) < 4.78 is 0. The molecule has 0 spiro atoms. The van der Waals surface area contributed by atoms with Crippen molar-refractivity contribution in [1.29, 1.82) is 0 Å². The Balaban J connectivity index is 1.38. The van der Waals surface area contributed by atoms with Gasteiger partial charge in [-0.05, 0) is 56.0 Å². The molecule has 1 unspecified atom stereocenters. The molecular formula is C21H26N4O3S. The van der Waals surface area contributed by atoms with Crippen LogP contribution in [-0.2, 0) is 17.6 Å². The number of hydrogen-bond donors (Lipinski definition) is 3. The van der Waals surface area contributed by atoms with Crippen LogP contribution in [0.2, 0.25) is 0 Å². The Morgan fingerprint density at radius 2 is 1.83 bits per heavy atom. The molecule has 1 aliphatic carbocycles.